The van der Waals surface area contributed by atoms with Crippen molar-refractivity contribution in [3.05, 3.63) is 145 Å². The summed E-state index contributed by atoms with van der Waals surface area (Å²) in [5.41, 5.74) is 11.9. The van der Waals surface area contributed by atoms with E-state index in [1.54, 1.807) is 0 Å². The molecular weight excluding hydrogens is 456 g/mol. The van der Waals surface area contributed by atoms with Gasteiger partial charge in [-0.25, -0.2) is 0 Å². The van der Waals surface area contributed by atoms with E-state index in [2.05, 4.69) is 136 Å². The van der Waals surface area contributed by atoms with E-state index in [9.17, 15) is 0 Å². The largest absolute Gasteiger partial charge is 0.0984 e. The molecule has 0 unspecified atom stereocenters. The van der Waals surface area contributed by atoms with Gasteiger partial charge in [0.05, 0.1) is 0 Å². The molecule has 0 atom stereocenters. The van der Waals surface area contributed by atoms with E-state index in [1.165, 1.54) is 66.1 Å². The van der Waals surface area contributed by atoms with Gasteiger partial charge in [-0.15, -0.1) is 0 Å². The molecule has 0 amide bonds. The first-order valence-corrected chi connectivity index (χ1v) is 13.1. The quantitative estimate of drug-likeness (QED) is 0.227. The molecule has 0 aliphatic heterocycles. The minimum Gasteiger partial charge on any atom is -0.0984 e. The third kappa shape index (κ3) is 3.96. The molecule has 0 aliphatic rings. The number of hydrogen-bond donors (Lipinski definition) is 0. The number of aryl methyl sites for hydroxylation is 2. The molecule has 0 aromatic heterocycles. The van der Waals surface area contributed by atoms with Crippen LogP contribution in [0.1, 0.15) is 22.3 Å². The van der Waals surface area contributed by atoms with Gasteiger partial charge in [0.2, 0.25) is 0 Å². The summed E-state index contributed by atoms with van der Waals surface area (Å²) < 4.78 is 0. The second-order valence-corrected chi connectivity index (χ2v) is 10.0. The van der Waals surface area contributed by atoms with Gasteiger partial charge >= 0.3 is 0 Å². The van der Waals surface area contributed by atoms with Crippen molar-refractivity contribution < 1.29 is 0 Å². The van der Waals surface area contributed by atoms with Gasteiger partial charge in [0.25, 0.3) is 0 Å². The van der Waals surface area contributed by atoms with Crippen molar-refractivity contribution in [1.82, 2.24) is 0 Å². The minimum atomic E-state index is 1.14. The average Bonchev–Trinajstić information content (AvgIpc) is 2.96. The van der Waals surface area contributed by atoms with E-state index in [1.807, 2.05) is 12.2 Å². The van der Waals surface area contributed by atoms with E-state index in [0.717, 1.165) is 11.1 Å². The molecule has 0 saturated heterocycles. The molecule has 0 bridgehead atoms. The Morgan fingerprint density at radius 3 is 1.21 bits per heavy atom. The number of benzene rings is 6. The summed E-state index contributed by atoms with van der Waals surface area (Å²) in [6.45, 7) is 12.9. The molecule has 0 nitrogen and oxygen atoms in total. The Labute approximate surface area is 225 Å². The molecule has 0 aliphatic carbocycles. The van der Waals surface area contributed by atoms with Gasteiger partial charge in [-0.05, 0) is 92.0 Å². The van der Waals surface area contributed by atoms with E-state index in [4.69, 9.17) is 0 Å². The van der Waals surface area contributed by atoms with Crippen LogP contribution in [0.15, 0.2) is 122 Å². The monoisotopic (exact) mass is 486 g/mol. The molecule has 38 heavy (non-hydrogen) atoms. The van der Waals surface area contributed by atoms with Gasteiger partial charge in [-0.3, -0.25) is 0 Å². The van der Waals surface area contributed by atoms with Crippen molar-refractivity contribution in [2.24, 2.45) is 0 Å². The van der Waals surface area contributed by atoms with Gasteiger partial charge in [0.1, 0.15) is 0 Å². The number of hydrogen-bond acceptors (Lipinski definition) is 0. The van der Waals surface area contributed by atoms with Crippen molar-refractivity contribution in [2.75, 3.05) is 0 Å². The molecular formula is C38H30. The molecule has 182 valence electrons. The summed E-state index contributed by atoms with van der Waals surface area (Å²) in [6, 6.07) is 39.6. The van der Waals surface area contributed by atoms with E-state index < -0.39 is 0 Å². The number of rotatable bonds is 5. The zero-order valence-electron chi connectivity index (χ0n) is 22.0. The lowest BCUT2D eigenvalue weighted by Gasteiger charge is -2.22. The van der Waals surface area contributed by atoms with Gasteiger partial charge in [-0.2, -0.15) is 0 Å². The molecule has 0 N–H and O–H groups in total. The fourth-order valence-corrected chi connectivity index (χ4v) is 5.63. The Morgan fingerprint density at radius 1 is 0.474 bits per heavy atom. The minimum absolute atomic E-state index is 1.14. The first-order chi connectivity index (χ1) is 18.6. The second kappa shape index (κ2) is 9.65. The average molecular weight is 487 g/mol. The van der Waals surface area contributed by atoms with Crippen LogP contribution in [-0.4, -0.2) is 0 Å². The number of fused-ring (bicyclic) bond motifs is 2. The molecule has 6 aromatic carbocycles. The van der Waals surface area contributed by atoms with Crippen LogP contribution >= 0.6 is 0 Å². The van der Waals surface area contributed by atoms with E-state index in [-0.39, 0.29) is 0 Å². The zero-order chi connectivity index (χ0) is 26.2. The topological polar surface area (TPSA) is 0 Å². The smallest absolute Gasteiger partial charge is 0.00143 e. The Kier molecular flexibility index (Phi) is 6.02. The Hall–Kier alpha value is -4.68. The fraction of sp³-hybridized carbons (Fsp3) is 0.0526. The maximum atomic E-state index is 4.33. The molecule has 6 aromatic rings. The first-order valence-electron chi connectivity index (χ1n) is 13.1. The highest BCUT2D eigenvalue weighted by Crippen LogP contribution is 2.46. The van der Waals surface area contributed by atoms with E-state index in [0.29, 0.717) is 0 Å². The van der Waals surface area contributed by atoms with Crippen LogP contribution in [-0.2, 0) is 0 Å². The highest BCUT2D eigenvalue weighted by Gasteiger charge is 2.21. The molecule has 0 heterocycles. The van der Waals surface area contributed by atoms with Crippen LogP contribution in [0.4, 0.5) is 0 Å². The summed E-state index contributed by atoms with van der Waals surface area (Å²) in [5, 5.41) is 4.85. The second-order valence-electron chi connectivity index (χ2n) is 10.0. The van der Waals surface area contributed by atoms with Gasteiger partial charge in [0, 0.05) is 0 Å². The Bertz CT molecular complexity index is 1690. The van der Waals surface area contributed by atoms with Crippen molar-refractivity contribution in [3.63, 3.8) is 0 Å². The van der Waals surface area contributed by atoms with Crippen LogP contribution in [0, 0.1) is 13.8 Å². The standard InChI is InChI=1S/C38H30/c1-5-31-35(27-19-15-25(3)16-20-27)23-29-11-7-9-13-33(29)37(31)38-32(6-2)36(28-21-17-26(4)18-22-28)24-30-12-8-10-14-34(30)38/h5-24H,1-2H2,3-4H3. The maximum Gasteiger partial charge on any atom is -0.00143 e. The van der Waals surface area contributed by atoms with E-state index >= 15 is 0 Å². The lowest BCUT2D eigenvalue weighted by atomic mass is 9.81. The lowest BCUT2D eigenvalue weighted by molar-refractivity contribution is 1.46. The predicted octanol–water partition coefficient (Wildman–Crippen LogP) is 10.9. The van der Waals surface area contributed by atoms with Crippen molar-refractivity contribution in [2.45, 2.75) is 13.8 Å². The highest BCUT2D eigenvalue weighted by molar-refractivity contribution is 6.14. The van der Waals surface area contributed by atoms with Gasteiger partial charge < -0.3 is 0 Å². The Balaban J connectivity index is 1.81. The summed E-state index contributed by atoms with van der Waals surface area (Å²) in [5.74, 6) is 0. The zero-order valence-corrected chi connectivity index (χ0v) is 22.0. The van der Waals surface area contributed by atoms with Crippen LogP contribution < -0.4 is 0 Å². The summed E-state index contributed by atoms with van der Waals surface area (Å²) in [7, 11) is 0. The molecule has 0 fully saturated rings. The van der Waals surface area contributed by atoms with Crippen LogP contribution in [0.3, 0.4) is 0 Å². The molecule has 0 heteroatoms. The fourth-order valence-electron chi connectivity index (χ4n) is 5.63. The highest BCUT2D eigenvalue weighted by atomic mass is 14.2. The van der Waals surface area contributed by atoms with Gasteiger partial charge in [0.15, 0.2) is 0 Å². The summed E-state index contributed by atoms with van der Waals surface area (Å²) >= 11 is 0. The van der Waals surface area contributed by atoms with Crippen LogP contribution in [0.25, 0.3) is 67.1 Å². The van der Waals surface area contributed by atoms with Crippen molar-refractivity contribution >= 4 is 33.7 Å². The van der Waals surface area contributed by atoms with Crippen LogP contribution in [0.5, 0.6) is 0 Å². The molecule has 6 rings (SSSR count). The maximum absolute atomic E-state index is 4.33. The molecule has 0 saturated carbocycles. The Morgan fingerprint density at radius 2 is 0.842 bits per heavy atom. The lowest BCUT2D eigenvalue weighted by Crippen LogP contribution is -1.97. The first kappa shape index (κ1) is 23.7. The van der Waals surface area contributed by atoms with Crippen molar-refractivity contribution in [1.29, 1.82) is 0 Å². The third-order valence-electron chi connectivity index (χ3n) is 7.56. The molecule has 0 spiro atoms. The summed E-state index contributed by atoms with van der Waals surface area (Å²) in [6.07, 6.45) is 4.05. The van der Waals surface area contributed by atoms with Crippen LogP contribution in [0.2, 0.25) is 0 Å². The molecule has 0 radical (unpaired) electrons. The predicted molar refractivity (Wildman–Crippen MR) is 167 cm³/mol. The summed E-state index contributed by atoms with van der Waals surface area (Å²) in [4.78, 5) is 0. The van der Waals surface area contributed by atoms with Gasteiger partial charge in [-0.1, -0.05) is 133 Å². The normalized spacial score (nSPS) is 11.1. The van der Waals surface area contributed by atoms with Crippen molar-refractivity contribution in [3.8, 4) is 33.4 Å². The SMILES string of the molecule is C=Cc1c(-c2ccc(C)cc2)cc2ccccc2c1-c1c(C=C)c(-c2ccc(C)cc2)cc2ccccc12. The third-order valence-corrected chi connectivity index (χ3v) is 7.56.